The fourth-order valence-corrected chi connectivity index (χ4v) is 3.45. The van der Waals surface area contributed by atoms with Crippen LogP contribution in [0.15, 0.2) is 29.6 Å². The second-order valence-electron chi connectivity index (χ2n) is 5.42. The summed E-state index contributed by atoms with van der Waals surface area (Å²) in [5.41, 5.74) is 1.15. The number of thioether (sulfide) groups is 1. The van der Waals surface area contributed by atoms with Gasteiger partial charge in [0.2, 0.25) is 0 Å². The van der Waals surface area contributed by atoms with Gasteiger partial charge < -0.3 is 10.4 Å². The lowest BCUT2D eigenvalue weighted by molar-refractivity contribution is -0.141. The van der Waals surface area contributed by atoms with Gasteiger partial charge in [0, 0.05) is 12.2 Å². The van der Waals surface area contributed by atoms with Crippen molar-refractivity contribution in [2.24, 2.45) is 5.92 Å². The molecule has 0 aromatic carbocycles. The molecular formula is C15H17N3O3S. The molecule has 0 spiro atoms. The minimum atomic E-state index is -0.783. The summed E-state index contributed by atoms with van der Waals surface area (Å²) in [5, 5.41) is 12.7. The van der Waals surface area contributed by atoms with Crippen molar-refractivity contribution < 1.29 is 14.7 Å². The van der Waals surface area contributed by atoms with E-state index in [1.165, 1.54) is 11.8 Å². The molecule has 2 atom stereocenters. The first-order valence-corrected chi connectivity index (χ1v) is 8.37. The number of amides is 1. The summed E-state index contributed by atoms with van der Waals surface area (Å²) in [4.78, 5) is 27.9. The van der Waals surface area contributed by atoms with Gasteiger partial charge in [-0.25, -0.2) is 4.98 Å². The summed E-state index contributed by atoms with van der Waals surface area (Å²) >= 11 is 1.48. The Kier molecular flexibility index (Phi) is 4.06. The van der Waals surface area contributed by atoms with Crippen LogP contribution in [0.4, 0.5) is 0 Å². The van der Waals surface area contributed by atoms with E-state index in [2.05, 4.69) is 10.3 Å². The van der Waals surface area contributed by atoms with Crippen molar-refractivity contribution >= 4 is 29.2 Å². The molecule has 2 heterocycles. The van der Waals surface area contributed by atoms with Crippen molar-refractivity contribution in [1.82, 2.24) is 14.7 Å². The zero-order chi connectivity index (χ0) is 15.7. The fraction of sp³-hybridized carbons (Fsp3) is 0.400. The van der Waals surface area contributed by atoms with Gasteiger partial charge in [-0.1, -0.05) is 17.8 Å². The number of fused-ring (bicyclic) bond motifs is 1. The zero-order valence-electron chi connectivity index (χ0n) is 12.2. The average Bonchev–Trinajstić information content (AvgIpc) is 3.11. The molecule has 0 aliphatic heterocycles. The van der Waals surface area contributed by atoms with E-state index in [9.17, 15) is 9.59 Å². The molecule has 1 aliphatic carbocycles. The predicted molar refractivity (Wildman–Crippen MR) is 83.2 cm³/mol. The molecule has 0 bridgehead atoms. The standard InChI is InChI=1S/C15H17N3O3S/c1-22-15-17-12(11-4-2-3-7-18(11)15)13(19)16-10-6-5-9(8-10)14(20)21/h2-4,7,9-10H,5-6,8H2,1H3,(H,16,19)(H,20,21)/t9-,10+/m1/s1. The van der Waals surface area contributed by atoms with Gasteiger partial charge in [0.15, 0.2) is 10.9 Å². The molecule has 22 heavy (non-hydrogen) atoms. The summed E-state index contributed by atoms with van der Waals surface area (Å²) < 4.78 is 1.88. The highest BCUT2D eigenvalue weighted by Crippen LogP contribution is 2.26. The van der Waals surface area contributed by atoms with Crippen LogP contribution in [0.25, 0.3) is 5.52 Å². The van der Waals surface area contributed by atoms with E-state index in [4.69, 9.17) is 5.11 Å². The van der Waals surface area contributed by atoms with Crippen LogP contribution >= 0.6 is 11.8 Å². The van der Waals surface area contributed by atoms with Crippen LogP contribution in [0.2, 0.25) is 0 Å². The van der Waals surface area contributed by atoms with Crippen LogP contribution in [0, 0.1) is 5.92 Å². The fourth-order valence-electron chi connectivity index (χ4n) is 2.91. The maximum absolute atomic E-state index is 12.5. The van der Waals surface area contributed by atoms with Crippen molar-refractivity contribution in [3.63, 3.8) is 0 Å². The number of nitrogens with one attached hydrogen (secondary N) is 1. The summed E-state index contributed by atoms with van der Waals surface area (Å²) in [6.07, 6.45) is 5.59. The van der Waals surface area contributed by atoms with E-state index in [1.54, 1.807) is 0 Å². The normalized spacial score (nSPS) is 21.1. The largest absolute Gasteiger partial charge is 0.481 e. The van der Waals surface area contributed by atoms with Crippen molar-refractivity contribution in [1.29, 1.82) is 0 Å². The van der Waals surface area contributed by atoms with E-state index in [1.807, 2.05) is 35.1 Å². The molecular weight excluding hydrogens is 302 g/mol. The lowest BCUT2D eigenvalue weighted by atomic mass is 10.1. The summed E-state index contributed by atoms with van der Waals surface area (Å²) in [5.74, 6) is -1.38. The van der Waals surface area contributed by atoms with Gasteiger partial charge in [-0.15, -0.1) is 0 Å². The lowest BCUT2D eigenvalue weighted by Gasteiger charge is -2.11. The molecule has 2 aromatic rings. The Hall–Kier alpha value is -2.02. The quantitative estimate of drug-likeness (QED) is 0.843. The number of carboxylic acid groups (broad SMARTS) is 1. The number of pyridine rings is 1. The monoisotopic (exact) mass is 319 g/mol. The van der Waals surface area contributed by atoms with Gasteiger partial charge in [-0.3, -0.25) is 14.0 Å². The second kappa shape index (κ2) is 6.00. The Balaban J connectivity index is 1.80. The van der Waals surface area contributed by atoms with E-state index in [0.29, 0.717) is 25.0 Å². The van der Waals surface area contributed by atoms with Gasteiger partial charge in [0.1, 0.15) is 0 Å². The van der Waals surface area contributed by atoms with Gasteiger partial charge in [0.25, 0.3) is 5.91 Å². The molecule has 0 radical (unpaired) electrons. The van der Waals surface area contributed by atoms with Crippen molar-refractivity contribution in [3.8, 4) is 0 Å². The van der Waals surface area contributed by atoms with Gasteiger partial charge >= 0.3 is 5.97 Å². The number of imidazole rings is 1. The van der Waals surface area contributed by atoms with Gasteiger partial charge in [-0.2, -0.15) is 0 Å². The molecule has 3 rings (SSSR count). The lowest BCUT2D eigenvalue weighted by Crippen LogP contribution is -2.33. The molecule has 1 saturated carbocycles. The van der Waals surface area contributed by atoms with Crippen molar-refractivity contribution in [2.75, 3.05) is 6.26 Å². The smallest absolute Gasteiger partial charge is 0.306 e. The van der Waals surface area contributed by atoms with Gasteiger partial charge in [-0.05, 0) is 37.7 Å². The first kappa shape index (κ1) is 14.9. The maximum Gasteiger partial charge on any atom is 0.306 e. The molecule has 0 unspecified atom stereocenters. The molecule has 1 amide bonds. The number of carbonyl (C=O) groups is 2. The average molecular weight is 319 g/mol. The van der Waals surface area contributed by atoms with Crippen molar-refractivity contribution in [2.45, 2.75) is 30.5 Å². The number of aliphatic carboxylic acids is 1. The predicted octanol–water partition coefficient (Wildman–Crippen LogP) is 2.04. The number of carboxylic acids is 1. The number of hydrogen-bond donors (Lipinski definition) is 2. The van der Waals surface area contributed by atoms with Crippen LogP contribution < -0.4 is 5.32 Å². The van der Waals surface area contributed by atoms with Gasteiger partial charge in [0.05, 0.1) is 11.4 Å². The Labute approximate surface area is 131 Å². The van der Waals surface area contributed by atoms with Crippen LogP contribution in [-0.2, 0) is 4.79 Å². The summed E-state index contributed by atoms with van der Waals surface area (Å²) in [6, 6.07) is 5.53. The Morgan fingerprint density at radius 3 is 2.91 bits per heavy atom. The third kappa shape index (κ3) is 2.68. The van der Waals surface area contributed by atoms with E-state index >= 15 is 0 Å². The SMILES string of the molecule is CSc1nc(C(=O)N[C@H]2CC[C@@H](C(=O)O)C2)c2ccccn12. The highest BCUT2D eigenvalue weighted by atomic mass is 32.2. The third-order valence-corrected chi connectivity index (χ3v) is 4.68. The molecule has 1 aliphatic rings. The van der Waals surface area contributed by atoms with E-state index in [0.717, 1.165) is 10.7 Å². The molecule has 2 aromatic heterocycles. The number of hydrogen-bond acceptors (Lipinski definition) is 4. The minimum Gasteiger partial charge on any atom is -0.481 e. The Morgan fingerprint density at radius 2 is 2.23 bits per heavy atom. The number of carbonyl (C=O) groups excluding carboxylic acids is 1. The molecule has 7 heteroatoms. The highest BCUT2D eigenvalue weighted by Gasteiger charge is 2.31. The Morgan fingerprint density at radius 1 is 1.41 bits per heavy atom. The van der Waals surface area contributed by atoms with E-state index < -0.39 is 5.97 Å². The first-order valence-electron chi connectivity index (χ1n) is 7.15. The summed E-state index contributed by atoms with van der Waals surface area (Å²) in [6.45, 7) is 0. The van der Waals surface area contributed by atoms with Crippen LogP contribution in [0.1, 0.15) is 29.8 Å². The van der Waals surface area contributed by atoms with Crippen molar-refractivity contribution in [3.05, 3.63) is 30.1 Å². The molecule has 0 saturated heterocycles. The van der Waals surface area contributed by atoms with E-state index in [-0.39, 0.29) is 17.9 Å². The number of aromatic nitrogens is 2. The molecule has 116 valence electrons. The third-order valence-electron chi connectivity index (χ3n) is 4.03. The highest BCUT2D eigenvalue weighted by molar-refractivity contribution is 7.98. The van der Waals surface area contributed by atoms with Crippen LogP contribution in [-0.4, -0.2) is 38.7 Å². The summed E-state index contributed by atoms with van der Waals surface area (Å²) in [7, 11) is 0. The Bertz CT molecular complexity index is 728. The van der Waals surface area contributed by atoms with Crippen LogP contribution in [0.3, 0.4) is 0 Å². The maximum atomic E-state index is 12.5. The second-order valence-corrected chi connectivity index (χ2v) is 6.19. The number of rotatable bonds is 4. The zero-order valence-corrected chi connectivity index (χ0v) is 13.0. The topological polar surface area (TPSA) is 83.7 Å². The molecule has 6 nitrogen and oxygen atoms in total. The number of nitrogens with zero attached hydrogens (tertiary/aromatic N) is 2. The van der Waals surface area contributed by atoms with Crippen LogP contribution in [0.5, 0.6) is 0 Å². The molecule has 1 fully saturated rings. The molecule has 2 N–H and O–H groups in total. The first-order chi connectivity index (χ1) is 10.6. The minimum absolute atomic E-state index is 0.0909.